The van der Waals surface area contributed by atoms with Gasteiger partial charge in [0.05, 0.1) is 11.7 Å². The van der Waals surface area contributed by atoms with Crippen molar-refractivity contribution in [2.45, 2.75) is 39.2 Å². The van der Waals surface area contributed by atoms with Crippen molar-refractivity contribution >= 4 is 5.91 Å². The standard InChI is InChI=1S/C17H19FN2O2/c1-3-15-16(11(2)19-22-15)14-5-4-10-20(14)17(21)12-6-8-13(18)9-7-12/h6-9,14H,3-5,10H2,1-2H3/t14-/m0/s1. The first-order valence-corrected chi connectivity index (χ1v) is 7.63. The SMILES string of the molecule is CCc1onc(C)c1[C@@H]1CCCN1C(=O)c1ccc(F)cc1. The Labute approximate surface area is 128 Å². The number of amides is 1. The van der Waals surface area contributed by atoms with Gasteiger partial charge in [0.2, 0.25) is 0 Å². The highest BCUT2D eigenvalue weighted by Crippen LogP contribution is 2.36. The maximum absolute atomic E-state index is 13.0. The minimum Gasteiger partial charge on any atom is -0.361 e. The maximum Gasteiger partial charge on any atom is 0.254 e. The molecule has 0 radical (unpaired) electrons. The average molecular weight is 302 g/mol. The second-order valence-electron chi connectivity index (χ2n) is 5.62. The number of carbonyl (C=O) groups excluding carboxylic acids is 1. The molecule has 2 heterocycles. The zero-order chi connectivity index (χ0) is 15.7. The van der Waals surface area contributed by atoms with Gasteiger partial charge in [0.15, 0.2) is 0 Å². The van der Waals surface area contributed by atoms with Crippen LogP contribution in [-0.4, -0.2) is 22.5 Å². The molecule has 4 nitrogen and oxygen atoms in total. The Kier molecular flexibility index (Phi) is 3.96. The second kappa shape index (κ2) is 5.91. The number of aromatic nitrogens is 1. The lowest BCUT2D eigenvalue weighted by Crippen LogP contribution is -2.31. The van der Waals surface area contributed by atoms with Crippen LogP contribution in [0.2, 0.25) is 0 Å². The Balaban J connectivity index is 1.91. The smallest absolute Gasteiger partial charge is 0.254 e. The molecular weight excluding hydrogens is 283 g/mol. The third-order valence-corrected chi connectivity index (χ3v) is 4.24. The molecule has 5 heteroatoms. The van der Waals surface area contributed by atoms with Crippen LogP contribution in [0.15, 0.2) is 28.8 Å². The Morgan fingerprint density at radius 1 is 1.41 bits per heavy atom. The number of carbonyl (C=O) groups is 1. The molecule has 0 saturated carbocycles. The molecule has 0 N–H and O–H groups in total. The summed E-state index contributed by atoms with van der Waals surface area (Å²) in [7, 11) is 0. The lowest BCUT2D eigenvalue weighted by atomic mass is 10.0. The molecule has 0 spiro atoms. The third kappa shape index (κ3) is 2.51. The monoisotopic (exact) mass is 302 g/mol. The van der Waals surface area contributed by atoms with Crippen molar-refractivity contribution in [2.24, 2.45) is 0 Å². The summed E-state index contributed by atoms with van der Waals surface area (Å²) < 4.78 is 18.4. The Morgan fingerprint density at radius 3 is 2.82 bits per heavy atom. The van der Waals surface area contributed by atoms with E-state index in [1.54, 1.807) is 0 Å². The van der Waals surface area contributed by atoms with Crippen molar-refractivity contribution in [2.75, 3.05) is 6.54 Å². The molecule has 1 fully saturated rings. The first-order valence-electron chi connectivity index (χ1n) is 7.63. The van der Waals surface area contributed by atoms with E-state index in [2.05, 4.69) is 5.16 Å². The van der Waals surface area contributed by atoms with E-state index < -0.39 is 0 Å². The number of likely N-dealkylation sites (tertiary alicyclic amines) is 1. The minimum atomic E-state index is -0.335. The van der Waals surface area contributed by atoms with Crippen LogP contribution in [0.25, 0.3) is 0 Å². The van der Waals surface area contributed by atoms with Gasteiger partial charge in [-0.1, -0.05) is 12.1 Å². The topological polar surface area (TPSA) is 46.3 Å². The second-order valence-corrected chi connectivity index (χ2v) is 5.62. The van der Waals surface area contributed by atoms with Gasteiger partial charge >= 0.3 is 0 Å². The predicted octanol–water partition coefficient (Wildman–Crippen LogP) is 3.66. The molecule has 116 valence electrons. The van der Waals surface area contributed by atoms with Gasteiger partial charge in [-0.25, -0.2) is 4.39 Å². The number of benzene rings is 1. The van der Waals surface area contributed by atoms with E-state index in [4.69, 9.17) is 4.52 Å². The third-order valence-electron chi connectivity index (χ3n) is 4.24. The largest absolute Gasteiger partial charge is 0.361 e. The van der Waals surface area contributed by atoms with Crippen LogP contribution in [-0.2, 0) is 6.42 Å². The van der Waals surface area contributed by atoms with Crippen LogP contribution in [0.1, 0.15) is 53.2 Å². The summed E-state index contributed by atoms with van der Waals surface area (Å²) in [6.45, 7) is 4.63. The van der Waals surface area contributed by atoms with E-state index in [1.807, 2.05) is 18.7 Å². The molecule has 0 unspecified atom stereocenters. The zero-order valence-corrected chi connectivity index (χ0v) is 12.8. The molecule has 0 bridgehead atoms. The van der Waals surface area contributed by atoms with Crippen molar-refractivity contribution in [3.63, 3.8) is 0 Å². The highest BCUT2D eigenvalue weighted by Gasteiger charge is 2.34. The molecule has 1 aromatic carbocycles. The van der Waals surface area contributed by atoms with Gasteiger partial charge < -0.3 is 9.42 Å². The summed E-state index contributed by atoms with van der Waals surface area (Å²) in [4.78, 5) is 14.6. The highest BCUT2D eigenvalue weighted by molar-refractivity contribution is 5.94. The van der Waals surface area contributed by atoms with E-state index >= 15 is 0 Å². The molecule has 1 atom stereocenters. The van der Waals surface area contributed by atoms with Gasteiger partial charge in [0, 0.05) is 24.1 Å². The summed E-state index contributed by atoms with van der Waals surface area (Å²) in [6.07, 6.45) is 2.61. The van der Waals surface area contributed by atoms with E-state index in [-0.39, 0.29) is 17.8 Å². The number of hydrogen-bond acceptors (Lipinski definition) is 3. The number of rotatable bonds is 3. The van der Waals surface area contributed by atoms with Crippen LogP contribution < -0.4 is 0 Å². The fraction of sp³-hybridized carbons (Fsp3) is 0.412. The van der Waals surface area contributed by atoms with E-state index in [0.717, 1.165) is 36.3 Å². The summed E-state index contributed by atoms with van der Waals surface area (Å²) in [5.41, 5.74) is 2.40. The van der Waals surface area contributed by atoms with Gasteiger partial charge in [-0.15, -0.1) is 0 Å². The van der Waals surface area contributed by atoms with Gasteiger partial charge in [-0.2, -0.15) is 0 Å². The maximum atomic E-state index is 13.0. The van der Waals surface area contributed by atoms with E-state index in [1.165, 1.54) is 24.3 Å². The number of hydrogen-bond donors (Lipinski definition) is 0. The van der Waals surface area contributed by atoms with Crippen LogP contribution in [0.3, 0.4) is 0 Å². The van der Waals surface area contributed by atoms with Crippen LogP contribution >= 0.6 is 0 Å². The minimum absolute atomic E-state index is 0.00115. The molecule has 1 saturated heterocycles. The van der Waals surface area contributed by atoms with Crippen LogP contribution in [0, 0.1) is 12.7 Å². The van der Waals surface area contributed by atoms with Gasteiger partial charge in [0.1, 0.15) is 11.6 Å². The molecule has 3 rings (SSSR count). The fourth-order valence-electron chi connectivity index (χ4n) is 3.17. The molecule has 2 aromatic rings. The summed E-state index contributed by atoms with van der Waals surface area (Å²) in [5.74, 6) is 0.448. The highest BCUT2D eigenvalue weighted by atomic mass is 19.1. The fourth-order valence-corrected chi connectivity index (χ4v) is 3.17. The van der Waals surface area contributed by atoms with Crippen molar-refractivity contribution in [1.82, 2.24) is 10.1 Å². The quantitative estimate of drug-likeness (QED) is 0.869. The van der Waals surface area contributed by atoms with Crippen molar-refractivity contribution in [3.8, 4) is 0 Å². The van der Waals surface area contributed by atoms with Crippen molar-refractivity contribution < 1.29 is 13.7 Å². The van der Waals surface area contributed by atoms with Gasteiger partial charge in [-0.05, 0) is 44.0 Å². The summed E-state index contributed by atoms with van der Waals surface area (Å²) in [6, 6.07) is 5.71. The summed E-state index contributed by atoms with van der Waals surface area (Å²) >= 11 is 0. The molecule has 1 aliphatic heterocycles. The van der Waals surface area contributed by atoms with Crippen molar-refractivity contribution in [3.05, 3.63) is 52.7 Å². The first kappa shape index (κ1) is 14.8. The molecule has 1 amide bonds. The van der Waals surface area contributed by atoms with Gasteiger partial charge in [-0.3, -0.25) is 4.79 Å². The van der Waals surface area contributed by atoms with Crippen LogP contribution in [0.4, 0.5) is 4.39 Å². The molecule has 22 heavy (non-hydrogen) atoms. The van der Waals surface area contributed by atoms with E-state index in [0.29, 0.717) is 12.1 Å². The van der Waals surface area contributed by atoms with E-state index in [9.17, 15) is 9.18 Å². The van der Waals surface area contributed by atoms with Crippen molar-refractivity contribution in [1.29, 1.82) is 0 Å². The molecular formula is C17H19FN2O2. The molecule has 1 aromatic heterocycles. The predicted molar refractivity (Wildman–Crippen MR) is 80.0 cm³/mol. The Hall–Kier alpha value is -2.17. The lowest BCUT2D eigenvalue weighted by molar-refractivity contribution is 0.0734. The Bertz CT molecular complexity index is 678. The normalized spacial score (nSPS) is 18.0. The van der Waals surface area contributed by atoms with Crippen LogP contribution in [0.5, 0.6) is 0 Å². The molecule has 0 aliphatic carbocycles. The number of aryl methyl sites for hydroxylation is 2. The number of nitrogens with zero attached hydrogens (tertiary/aromatic N) is 2. The lowest BCUT2D eigenvalue weighted by Gasteiger charge is -2.25. The Morgan fingerprint density at radius 2 is 2.14 bits per heavy atom. The number of halogens is 1. The molecule has 1 aliphatic rings. The summed E-state index contributed by atoms with van der Waals surface area (Å²) in [5, 5.41) is 4.05. The van der Waals surface area contributed by atoms with Gasteiger partial charge in [0.25, 0.3) is 5.91 Å². The first-order chi connectivity index (χ1) is 10.6. The zero-order valence-electron chi connectivity index (χ0n) is 12.8. The average Bonchev–Trinajstić information content (AvgIpc) is 3.13.